The van der Waals surface area contributed by atoms with Gasteiger partial charge in [-0.25, -0.2) is 8.42 Å². The highest BCUT2D eigenvalue weighted by Crippen LogP contribution is 2.26. The lowest BCUT2D eigenvalue weighted by Crippen LogP contribution is -2.49. The third kappa shape index (κ3) is 5.20. The summed E-state index contributed by atoms with van der Waals surface area (Å²) in [6.07, 6.45) is 0.433. The molecule has 0 N–H and O–H groups in total. The second-order valence-corrected chi connectivity index (χ2v) is 9.23. The summed E-state index contributed by atoms with van der Waals surface area (Å²) < 4.78 is 29.8. The number of rotatable bonds is 8. The van der Waals surface area contributed by atoms with Gasteiger partial charge in [0, 0.05) is 46.4 Å². The molecule has 29 heavy (non-hydrogen) atoms. The number of carbonyl (C=O) groups is 2. The second kappa shape index (κ2) is 8.73. The number of hydrogen-bond donors (Lipinski definition) is 0. The van der Waals surface area contributed by atoms with E-state index in [1.165, 1.54) is 19.1 Å². The van der Waals surface area contributed by atoms with E-state index in [1.807, 2.05) is 0 Å². The Morgan fingerprint density at radius 3 is 2.59 bits per heavy atom. The quantitative estimate of drug-likeness (QED) is 0.623. The van der Waals surface area contributed by atoms with Crippen molar-refractivity contribution in [3.05, 3.63) is 42.0 Å². The van der Waals surface area contributed by atoms with Gasteiger partial charge in [0.15, 0.2) is 15.7 Å². The van der Waals surface area contributed by atoms with Gasteiger partial charge in [-0.1, -0.05) is 23.4 Å². The van der Waals surface area contributed by atoms with Gasteiger partial charge < -0.3 is 14.3 Å². The maximum atomic E-state index is 12.3. The van der Waals surface area contributed by atoms with Crippen LogP contribution < -0.4 is 0 Å². The molecule has 9 nitrogen and oxygen atoms in total. The highest BCUT2D eigenvalue weighted by atomic mass is 32.2. The lowest BCUT2D eigenvalue weighted by Gasteiger charge is -2.37. The fraction of sp³-hybridized carbons (Fsp3) is 0.474. The molecule has 0 spiro atoms. The predicted octanol–water partition coefficient (Wildman–Crippen LogP) is 0.880. The van der Waals surface area contributed by atoms with Crippen LogP contribution in [0, 0.1) is 0 Å². The standard InChI is InChI=1S/C19H24N4O5S/c1-14(24)22(2)10-8-17-20-19(28-21-17)15-12-23(13-15)18(25)9-11-29(26,27)16-6-4-3-5-7-16/h3-7,15H,8-13H2,1-2H3. The molecule has 0 radical (unpaired) electrons. The van der Waals surface area contributed by atoms with E-state index in [1.54, 1.807) is 35.0 Å². The van der Waals surface area contributed by atoms with Gasteiger partial charge in [0.25, 0.3) is 0 Å². The average molecular weight is 420 g/mol. The largest absolute Gasteiger partial charge is 0.346 e. The van der Waals surface area contributed by atoms with Gasteiger partial charge >= 0.3 is 0 Å². The van der Waals surface area contributed by atoms with E-state index in [2.05, 4.69) is 10.1 Å². The number of aromatic nitrogens is 2. The van der Waals surface area contributed by atoms with E-state index in [0.717, 1.165) is 0 Å². The summed E-state index contributed by atoms with van der Waals surface area (Å²) in [5.74, 6) is 0.486. The molecule has 0 saturated carbocycles. The minimum absolute atomic E-state index is 0.0313. The van der Waals surface area contributed by atoms with Crippen LogP contribution in [0.3, 0.4) is 0 Å². The van der Waals surface area contributed by atoms with Gasteiger partial charge in [-0.05, 0) is 12.1 Å². The van der Waals surface area contributed by atoms with E-state index in [-0.39, 0.29) is 34.8 Å². The van der Waals surface area contributed by atoms with Gasteiger partial charge in [0.1, 0.15) is 0 Å². The molecule has 0 unspecified atom stereocenters. The molecule has 1 aliphatic heterocycles. The van der Waals surface area contributed by atoms with E-state index in [9.17, 15) is 18.0 Å². The van der Waals surface area contributed by atoms with Crippen LogP contribution in [0.5, 0.6) is 0 Å². The monoisotopic (exact) mass is 420 g/mol. The lowest BCUT2D eigenvalue weighted by atomic mass is 10.00. The van der Waals surface area contributed by atoms with E-state index in [4.69, 9.17) is 4.52 Å². The first-order valence-corrected chi connectivity index (χ1v) is 11.0. The molecule has 1 saturated heterocycles. The van der Waals surface area contributed by atoms with Gasteiger partial charge in [-0.15, -0.1) is 0 Å². The first-order valence-electron chi connectivity index (χ1n) is 9.36. The molecule has 2 amide bonds. The number of hydrogen-bond acceptors (Lipinski definition) is 7. The minimum Gasteiger partial charge on any atom is -0.346 e. The maximum Gasteiger partial charge on any atom is 0.233 e. The molecular formula is C19H24N4O5S. The second-order valence-electron chi connectivity index (χ2n) is 7.12. The van der Waals surface area contributed by atoms with Crippen molar-refractivity contribution in [2.75, 3.05) is 32.4 Å². The molecule has 2 heterocycles. The summed E-state index contributed by atoms with van der Waals surface area (Å²) in [7, 11) is -1.77. The number of carbonyl (C=O) groups excluding carboxylic acids is 2. The van der Waals surface area contributed by atoms with Crippen LogP contribution in [0.15, 0.2) is 39.8 Å². The van der Waals surface area contributed by atoms with Crippen LogP contribution in [-0.2, 0) is 25.8 Å². The van der Waals surface area contributed by atoms with Crippen molar-refractivity contribution < 1.29 is 22.5 Å². The Labute approximate surface area is 169 Å². The Kier molecular flexibility index (Phi) is 6.31. The predicted molar refractivity (Wildman–Crippen MR) is 104 cm³/mol. The summed E-state index contributed by atoms with van der Waals surface area (Å²) in [5, 5.41) is 3.92. The number of likely N-dealkylation sites (N-methyl/N-ethyl adjacent to an activating group) is 1. The molecule has 10 heteroatoms. The summed E-state index contributed by atoms with van der Waals surface area (Å²) in [6, 6.07) is 8.12. The van der Waals surface area contributed by atoms with Gasteiger partial charge in [0.2, 0.25) is 17.7 Å². The third-order valence-corrected chi connectivity index (χ3v) is 6.69. The Morgan fingerprint density at radius 1 is 1.24 bits per heavy atom. The number of nitrogens with zero attached hydrogens (tertiary/aromatic N) is 4. The zero-order valence-corrected chi connectivity index (χ0v) is 17.3. The zero-order valence-electron chi connectivity index (χ0n) is 16.4. The number of amides is 2. The molecule has 0 bridgehead atoms. The van der Waals surface area contributed by atoms with Gasteiger partial charge in [-0.3, -0.25) is 9.59 Å². The summed E-state index contributed by atoms with van der Waals surface area (Å²) in [6.45, 7) is 2.85. The Bertz CT molecular complexity index is 967. The number of likely N-dealkylation sites (tertiary alicyclic amines) is 1. The van der Waals surface area contributed by atoms with Crippen LogP contribution in [0.1, 0.15) is 31.0 Å². The van der Waals surface area contributed by atoms with Crippen LogP contribution in [0.25, 0.3) is 0 Å². The van der Waals surface area contributed by atoms with Crippen LogP contribution in [-0.4, -0.2) is 72.6 Å². The molecule has 1 aliphatic rings. The Hall–Kier alpha value is -2.75. The fourth-order valence-electron chi connectivity index (χ4n) is 2.92. The normalized spacial score (nSPS) is 14.5. The number of benzene rings is 1. The Morgan fingerprint density at radius 2 is 1.93 bits per heavy atom. The topological polar surface area (TPSA) is 114 Å². The molecule has 156 valence electrons. The van der Waals surface area contributed by atoms with E-state index >= 15 is 0 Å². The van der Waals surface area contributed by atoms with Crippen molar-refractivity contribution in [1.82, 2.24) is 19.9 Å². The zero-order chi connectivity index (χ0) is 21.0. The smallest absolute Gasteiger partial charge is 0.233 e. The van der Waals surface area contributed by atoms with Crippen LogP contribution in [0.4, 0.5) is 0 Å². The molecule has 3 rings (SSSR count). The van der Waals surface area contributed by atoms with E-state index < -0.39 is 9.84 Å². The first-order chi connectivity index (χ1) is 13.8. The summed E-state index contributed by atoms with van der Waals surface area (Å²) in [5.41, 5.74) is 0. The van der Waals surface area contributed by atoms with Crippen molar-refractivity contribution in [1.29, 1.82) is 0 Å². The van der Waals surface area contributed by atoms with Crippen molar-refractivity contribution in [2.24, 2.45) is 0 Å². The molecule has 2 aromatic rings. The van der Waals surface area contributed by atoms with Crippen molar-refractivity contribution >= 4 is 21.7 Å². The Balaban J connectivity index is 1.45. The summed E-state index contributed by atoms with van der Waals surface area (Å²) in [4.78, 5) is 31.2. The van der Waals surface area contributed by atoms with Gasteiger partial charge in [-0.2, -0.15) is 4.98 Å². The maximum absolute atomic E-state index is 12.3. The molecule has 1 aromatic heterocycles. The lowest BCUT2D eigenvalue weighted by molar-refractivity contribution is -0.135. The molecular weight excluding hydrogens is 396 g/mol. The minimum atomic E-state index is -3.47. The van der Waals surface area contributed by atoms with Crippen LogP contribution >= 0.6 is 0 Å². The molecule has 0 aliphatic carbocycles. The van der Waals surface area contributed by atoms with Crippen molar-refractivity contribution in [3.8, 4) is 0 Å². The SMILES string of the molecule is CC(=O)N(C)CCc1noc(C2CN(C(=O)CCS(=O)(=O)c3ccccc3)C2)n1. The molecule has 1 fully saturated rings. The fourth-order valence-corrected chi connectivity index (χ4v) is 4.17. The highest BCUT2D eigenvalue weighted by molar-refractivity contribution is 7.91. The first kappa shape index (κ1) is 21.0. The van der Waals surface area contributed by atoms with Crippen molar-refractivity contribution in [3.63, 3.8) is 0 Å². The number of sulfone groups is 1. The average Bonchev–Trinajstić information content (AvgIpc) is 3.12. The van der Waals surface area contributed by atoms with Crippen LogP contribution in [0.2, 0.25) is 0 Å². The van der Waals surface area contributed by atoms with E-state index in [0.29, 0.717) is 37.8 Å². The highest BCUT2D eigenvalue weighted by Gasteiger charge is 2.35. The molecule has 0 atom stereocenters. The van der Waals surface area contributed by atoms with Gasteiger partial charge in [0.05, 0.1) is 16.6 Å². The summed E-state index contributed by atoms with van der Waals surface area (Å²) >= 11 is 0. The van der Waals surface area contributed by atoms with Crippen molar-refractivity contribution in [2.45, 2.75) is 30.6 Å². The molecule has 1 aromatic carbocycles. The third-order valence-electron chi connectivity index (χ3n) is 4.96.